The lowest BCUT2D eigenvalue weighted by molar-refractivity contribution is -0.268. The predicted molar refractivity (Wildman–Crippen MR) is 107 cm³/mol. The van der Waals surface area contributed by atoms with Crippen LogP contribution in [-0.4, -0.2) is 69.3 Å². The molecule has 0 spiro atoms. The Morgan fingerprint density at radius 1 is 1.10 bits per heavy atom. The molecule has 0 aliphatic carbocycles. The smallest absolute Gasteiger partial charge is 0.261 e. The van der Waals surface area contributed by atoms with Crippen LogP contribution in [0.4, 0.5) is 5.69 Å². The molecule has 1 saturated heterocycles. The van der Waals surface area contributed by atoms with Gasteiger partial charge in [0.1, 0.15) is 29.7 Å². The molecule has 1 amide bonds. The van der Waals surface area contributed by atoms with Crippen molar-refractivity contribution in [3.05, 3.63) is 17.7 Å². The highest BCUT2D eigenvalue weighted by atomic mass is 16.7. The van der Waals surface area contributed by atoms with Gasteiger partial charge in [-0.25, -0.2) is 0 Å². The van der Waals surface area contributed by atoms with Crippen LogP contribution in [0, 0.1) is 6.92 Å². The number of aliphatic hydroxyl groups excluding tert-OH is 3. The number of phenolic OH excluding ortho intramolecular Hbond substituents is 2. The fourth-order valence-corrected chi connectivity index (χ4v) is 3.41. The van der Waals surface area contributed by atoms with Crippen LogP contribution in [0.5, 0.6) is 23.0 Å². The van der Waals surface area contributed by atoms with E-state index in [-0.39, 0.29) is 45.0 Å². The molecule has 1 aliphatic heterocycles. The number of aromatic hydroxyl groups is 2. The number of carbonyl (C=O) groups excluding carboxylic acids is 1. The zero-order valence-corrected chi connectivity index (χ0v) is 17.3. The number of methoxy groups -OCH3 is 1. The molecule has 2 aromatic rings. The highest BCUT2D eigenvalue weighted by Crippen LogP contribution is 2.50. The van der Waals surface area contributed by atoms with Crippen molar-refractivity contribution in [2.45, 2.75) is 51.5 Å². The maximum Gasteiger partial charge on any atom is 0.261 e. The van der Waals surface area contributed by atoms with E-state index in [1.54, 1.807) is 6.92 Å². The van der Waals surface area contributed by atoms with Crippen LogP contribution >= 0.6 is 0 Å². The van der Waals surface area contributed by atoms with Gasteiger partial charge in [0.15, 0.2) is 17.2 Å². The third-order valence-electron chi connectivity index (χ3n) is 5.09. The van der Waals surface area contributed by atoms with E-state index in [0.29, 0.717) is 0 Å². The maximum atomic E-state index is 11.4. The van der Waals surface area contributed by atoms with Crippen molar-refractivity contribution in [3.63, 3.8) is 0 Å². The van der Waals surface area contributed by atoms with Gasteiger partial charge in [-0.15, -0.1) is 10.2 Å². The molecule has 11 nitrogen and oxygen atoms in total. The molecule has 31 heavy (non-hydrogen) atoms. The number of rotatable bonds is 4. The molecule has 0 aromatic heterocycles. The van der Waals surface area contributed by atoms with Gasteiger partial charge >= 0.3 is 0 Å². The van der Waals surface area contributed by atoms with Crippen molar-refractivity contribution in [1.29, 1.82) is 0 Å². The molecule has 11 heteroatoms. The Morgan fingerprint density at radius 2 is 1.77 bits per heavy atom. The first-order chi connectivity index (χ1) is 14.6. The predicted octanol–water partition coefficient (Wildman–Crippen LogP) is 1.40. The van der Waals surface area contributed by atoms with Crippen LogP contribution in [0.1, 0.15) is 19.4 Å². The number of ether oxygens (including phenoxy) is 3. The molecular formula is C20H24N2O9. The SMILES string of the molecule is COc1c(C)c(O)c2ccc(OC3OC(C)C(O)C(O)C3O)c(N=NC(C)=O)c2c1O. The molecule has 5 N–H and O–H groups in total. The minimum absolute atomic E-state index is 0.0115. The fraction of sp³-hybridized carbons (Fsp3) is 0.450. The Hall–Kier alpha value is -2.99. The second-order valence-corrected chi connectivity index (χ2v) is 7.21. The number of fused-ring (bicyclic) bond motifs is 1. The fourth-order valence-electron chi connectivity index (χ4n) is 3.41. The van der Waals surface area contributed by atoms with Crippen LogP contribution in [0.2, 0.25) is 0 Å². The van der Waals surface area contributed by atoms with Crippen molar-refractivity contribution < 1.29 is 44.5 Å². The summed E-state index contributed by atoms with van der Waals surface area (Å²) in [4.78, 5) is 11.4. The van der Waals surface area contributed by atoms with Gasteiger partial charge in [0, 0.05) is 17.9 Å². The Morgan fingerprint density at radius 3 is 2.39 bits per heavy atom. The Bertz CT molecular complexity index is 1040. The van der Waals surface area contributed by atoms with Crippen LogP contribution in [0.25, 0.3) is 10.8 Å². The molecular weight excluding hydrogens is 412 g/mol. The first-order valence-corrected chi connectivity index (χ1v) is 9.42. The minimum Gasteiger partial charge on any atom is -0.507 e. The topological polar surface area (TPSA) is 171 Å². The first kappa shape index (κ1) is 22.7. The number of benzene rings is 2. The number of amides is 1. The van der Waals surface area contributed by atoms with Crippen molar-refractivity contribution in [1.82, 2.24) is 0 Å². The molecule has 3 rings (SSSR count). The first-order valence-electron chi connectivity index (χ1n) is 9.42. The molecule has 1 aliphatic rings. The molecule has 5 atom stereocenters. The lowest BCUT2D eigenvalue weighted by atomic mass is 9.99. The normalized spacial score (nSPS) is 26.4. The van der Waals surface area contributed by atoms with E-state index >= 15 is 0 Å². The number of hydrogen-bond donors (Lipinski definition) is 5. The molecule has 2 aromatic carbocycles. The largest absolute Gasteiger partial charge is 0.507 e. The summed E-state index contributed by atoms with van der Waals surface area (Å²) >= 11 is 0. The standard InChI is InChI=1S/C20H24N2O9/c1-7-14(24)10-5-6-11(31-20-18(28)17(27)15(25)8(2)30-20)13(22-21-9(3)23)12(10)16(26)19(7)29-4/h5-6,8,15,17-18,20,24-28H,1-4H3. The monoisotopic (exact) mass is 436 g/mol. The number of carbonyl (C=O) groups is 1. The van der Waals surface area contributed by atoms with Gasteiger partial charge in [-0.3, -0.25) is 4.79 Å². The summed E-state index contributed by atoms with van der Waals surface area (Å²) in [5.41, 5.74) is 0.149. The van der Waals surface area contributed by atoms with E-state index in [4.69, 9.17) is 14.2 Å². The summed E-state index contributed by atoms with van der Waals surface area (Å²) < 4.78 is 16.3. The number of nitrogens with zero attached hydrogens (tertiary/aromatic N) is 2. The summed E-state index contributed by atoms with van der Waals surface area (Å²) in [5, 5.41) is 59.0. The minimum atomic E-state index is -1.60. The Balaban J connectivity index is 2.20. The van der Waals surface area contributed by atoms with E-state index in [2.05, 4.69) is 10.2 Å². The molecule has 0 saturated carbocycles. The van der Waals surface area contributed by atoms with Crippen LogP contribution in [0.15, 0.2) is 22.4 Å². The van der Waals surface area contributed by atoms with E-state index in [9.17, 15) is 30.3 Å². The molecule has 168 valence electrons. The van der Waals surface area contributed by atoms with E-state index in [1.807, 2.05) is 0 Å². The summed E-state index contributed by atoms with van der Waals surface area (Å²) in [6.07, 6.45) is -6.71. The van der Waals surface area contributed by atoms with Gasteiger partial charge in [0.2, 0.25) is 6.29 Å². The van der Waals surface area contributed by atoms with Crippen molar-refractivity contribution in [2.75, 3.05) is 7.11 Å². The summed E-state index contributed by atoms with van der Waals surface area (Å²) in [7, 11) is 1.31. The van der Waals surface area contributed by atoms with Gasteiger partial charge in [-0.05, 0) is 26.0 Å². The van der Waals surface area contributed by atoms with Crippen LogP contribution in [0.3, 0.4) is 0 Å². The average molecular weight is 436 g/mol. The molecule has 1 fully saturated rings. The average Bonchev–Trinajstić information content (AvgIpc) is 2.73. The van der Waals surface area contributed by atoms with Crippen molar-refractivity contribution >= 4 is 22.4 Å². The molecule has 1 heterocycles. The number of azo groups is 1. The second-order valence-electron chi connectivity index (χ2n) is 7.21. The third kappa shape index (κ3) is 4.00. The van der Waals surface area contributed by atoms with Gasteiger partial charge in [-0.2, -0.15) is 0 Å². The Kier molecular flexibility index (Phi) is 6.32. The molecule has 0 bridgehead atoms. The van der Waals surface area contributed by atoms with E-state index in [0.717, 1.165) is 0 Å². The summed E-state index contributed by atoms with van der Waals surface area (Å²) in [6, 6.07) is 2.81. The van der Waals surface area contributed by atoms with E-state index < -0.39 is 36.6 Å². The van der Waals surface area contributed by atoms with E-state index in [1.165, 1.54) is 33.1 Å². The van der Waals surface area contributed by atoms with Gasteiger partial charge < -0.3 is 39.7 Å². The van der Waals surface area contributed by atoms with Gasteiger partial charge in [0.05, 0.1) is 18.6 Å². The highest BCUT2D eigenvalue weighted by Gasteiger charge is 2.43. The second kappa shape index (κ2) is 8.63. The number of hydrogen-bond acceptors (Lipinski definition) is 10. The van der Waals surface area contributed by atoms with Crippen LogP contribution < -0.4 is 9.47 Å². The highest BCUT2D eigenvalue weighted by molar-refractivity contribution is 6.05. The van der Waals surface area contributed by atoms with Crippen molar-refractivity contribution in [2.24, 2.45) is 10.2 Å². The maximum absolute atomic E-state index is 11.4. The summed E-state index contributed by atoms with van der Waals surface area (Å²) in [5.74, 6) is -1.27. The summed E-state index contributed by atoms with van der Waals surface area (Å²) in [6.45, 7) is 4.21. The number of phenols is 2. The lowest BCUT2D eigenvalue weighted by Crippen LogP contribution is -2.58. The zero-order valence-electron chi connectivity index (χ0n) is 17.3. The van der Waals surface area contributed by atoms with Gasteiger partial charge in [-0.1, -0.05) is 0 Å². The lowest BCUT2D eigenvalue weighted by Gasteiger charge is -2.39. The third-order valence-corrected chi connectivity index (χ3v) is 5.09. The van der Waals surface area contributed by atoms with Crippen molar-refractivity contribution in [3.8, 4) is 23.0 Å². The number of aliphatic hydroxyl groups is 3. The van der Waals surface area contributed by atoms with Gasteiger partial charge in [0.25, 0.3) is 5.91 Å². The molecule has 5 unspecified atom stereocenters. The Labute approximate surface area is 177 Å². The molecule has 0 radical (unpaired) electrons. The zero-order chi connectivity index (χ0) is 23.0. The van der Waals surface area contributed by atoms with Crippen LogP contribution in [-0.2, 0) is 9.53 Å². The quantitative estimate of drug-likeness (QED) is 0.351.